The van der Waals surface area contributed by atoms with E-state index in [0.29, 0.717) is 18.0 Å². The number of rotatable bonds is 6. The summed E-state index contributed by atoms with van der Waals surface area (Å²) in [6.07, 6.45) is 3.48. The van der Waals surface area contributed by atoms with Gasteiger partial charge in [-0.2, -0.15) is 0 Å². The minimum atomic E-state index is 0.109. The van der Waals surface area contributed by atoms with Crippen molar-refractivity contribution in [2.24, 2.45) is 0 Å². The summed E-state index contributed by atoms with van der Waals surface area (Å²) in [4.78, 5) is 2.14. The van der Waals surface area contributed by atoms with Crippen LogP contribution in [0.5, 0.6) is 0 Å². The molecule has 6 nitrogen and oxygen atoms in total. The normalized spacial score (nSPS) is 18.8. The molecule has 1 atom stereocenters. The Hall–Kier alpha value is -1.14. The zero-order chi connectivity index (χ0) is 13.7. The van der Waals surface area contributed by atoms with Crippen molar-refractivity contribution >= 4 is 6.01 Å². The molecule has 0 aromatic carbocycles. The van der Waals surface area contributed by atoms with Gasteiger partial charge in [-0.15, -0.1) is 5.10 Å². The third-order valence-electron chi connectivity index (χ3n) is 3.55. The van der Waals surface area contributed by atoms with Gasteiger partial charge in [-0.05, 0) is 32.7 Å². The Morgan fingerprint density at radius 3 is 2.79 bits per heavy atom. The Morgan fingerprint density at radius 1 is 1.42 bits per heavy atom. The molecule has 2 heterocycles. The molecule has 1 aromatic rings. The maximum Gasteiger partial charge on any atom is 0.318 e. The smallest absolute Gasteiger partial charge is 0.318 e. The number of hydrogen-bond acceptors (Lipinski definition) is 6. The van der Waals surface area contributed by atoms with E-state index in [1.165, 1.54) is 0 Å². The fraction of sp³-hybridized carbons (Fsp3) is 0.846. The summed E-state index contributed by atoms with van der Waals surface area (Å²) in [6, 6.07) is 0.743. The summed E-state index contributed by atoms with van der Waals surface area (Å²) in [5, 5.41) is 11.6. The first-order chi connectivity index (χ1) is 9.24. The predicted molar refractivity (Wildman–Crippen MR) is 73.3 cm³/mol. The summed E-state index contributed by atoms with van der Waals surface area (Å²) in [5.41, 5.74) is 0. The van der Waals surface area contributed by atoms with Crippen LogP contribution in [0.25, 0.3) is 0 Å². The molecule has 1 fully saturated rings. The maximum absolute atomic E-state index is 5.75. The number of nitrogens with zero attached hydrogens (tertiary/aromatic N) is 3. The van der Waals surface area contributed by atoms with Crippen LogP contribution >= 0.6 is 0 Å². The molecule has 108 valence electrons. The van der Waals surface area contributed by atoms with Gasteiger partial charge in [-0.25, -0.2) is 0 Å². The minimum absolute atomic E-state index is 0.109. The lowest BCUT2D eigenvalue weighted by Gasteiger charge is -2.29. The first-order valence-corrected chi connectivity index (χ1v) is 7.09. The molecule has 1 unspecified atom stereocenters. The Morgan fingerprint density at radius 2 is 2.16 bits per heavy atom. The van der Waals surface area contributed by atoms with Gasteiger partial charge in [-0.1, -0.05) is 12.0 Å². The van der Waals surface area contributed by atoms with E-state index in [1.807, 2.05) is 6.92 Å². The summed E-state index contributed by atoms with van der Waals surface area (Å²) in [6.45, 7) is 6.97. The molecule has 6 heteroatoms. The molecule has 0 amide bonds. The Balaban J connectivity index is 1.90. The van der Waals surface area contributed by atoms with E-state index in [2.05, 4.69) is 27.3 Å². The van der Waals surface area contributed by atoms with E-state index in [9.17, 15) is 0 Å². The van der Waals surface area contributed by atoms with Crippen LogP contribution in [0.3, 0.4) is 0 Å². The zero-order valence-corrected chi connectivity index (χ0v) is 12.1. The number of piperidine rings is 1. The van der Waals surface area contributed by atoms with E-state index in [4.69, 9.17) is 9.15 Å². The molecule has 19 heavy (non-hydrogen) atoms. The second-order valence-electron chi connectivity index (χ2n) is 5.02. The number of ether oxygens (including phenoxy) is 1. The summed E-state index contributed by atoms with van der Waals surface area (Å²) >= 11 is 0. The van der Waals surface area contributed by atoms with Crippen molar-refractivity contribution in [3.63, 3.8) is 0 Å². The lowest BCUT2D eigenvalue weighted by atomic mass is 10.1. The quantitative estimate of drug-likeness (QED) is 0.848. The van der Waals surface area contributed by atoms with Crippen molar-refractivity contribution in [2.45, 2.75) is 45.3 Å². The minimum Gasteiger partial charge on any atom is -0.406 e. The number of hydrogen-bond donors (Lipinski definition) is 1. The van der Waals surface area contributed by atoms with Crippen molar-refractivity contribution in [1.82, 2.24) is 15.5 Å². The molecule has 0 saturated carbocycles. The Bertz CT molecular complexity index is 374. The van der Waals surface area contributed by atoms with Gasteiger partial charge in [0.1, 0.15) is 0 Å². The second kappa shape index (κ2) is 6.86. The zero-order valence-electron chi connectivity index (χ0n) is 12.1. The van der Waals surface area contributed by atoms with E-state index >= 15 is 0 Å². The lowest BCUT2D eigenvalue weighted by molar-refractivity contribution is 0.0810. The van der Waals surface area contributed by atoms with Crippen LogP contribution in [0.15, 0.2) is 4.42 Å². The van der Waals surface area contributed by atoms with Gasteiger partial charge < -0.3 is 19.4 Å². The number of anilines is 1. The van der Waals surface area contributed by atoms with Gasteiger partial charge in [0.15, 0.2) is 0 Å². The maximum atomic E-state index is 5.75. The third-order valence-corrected chi connectivity index (χ3v) is 3.55. The van der Waals surface area contributed by atoms with Gasteiger partial charge in [0.25, 0.3) is 0 Å². The van der Waals surface area contributed by atoms with Crippen molar-refractivity contribution in [3.8, 4) is 0 Å². The van der Waals surface area contributed by atoms with Crippen molar-refractivity contribution in [3.05, 3.63) is 5.89 Å². The summed E-state index contributed by atoms with van der Waals surface area (Å²) in [7, 11) is 1.77. The highest BCUT2D eigenvalue weighted by Gasteiger charge is 2.23. The van der Waals surface area contributed by atoms with E-state index in [0.717, 1.165) is 38.9 Å². The van der Waals surface area contributed by atoms with Crippen molar-refractivity contribution < 1.29 is 9.15 Å². The lowest BCUT2D eigenvalue weighted by Crippen LogP contribution is -2.36. The molecule has 0 aliphatic carbocycles. The largest absolute Gasteiger partial charge is 0.406 e. The van der Waals surface area contributed by atoms with E-state index in [-0.39, 0.29) is 6.04 Å². The van der Waals surface area contributed by atoms with Gasteiger partial charge in [0.05, 0.1) is 12.1 Å². The molecule has 1 saturated heterocycles. The highest BCUT2D eigenvalue weighted by atomic mass is 16.5. The molecule has 1 aromatic heterocycles. The summed E-state index contributed by atoms with van der Waals surface area (Å²) in [5.74, 6) is 0.664. The van der Waals surface area contributed by atoms with Crippen LogP contribution < -0.4 is 10.2 Å². The highest BCUT2D eigenvalue weighted by molar-refractivity contribution is 5.25. The molecule has 0 spiro atoms. The van der Waals surface area contributed by atoms with Crippen LogP contribution in [-0.2, 0) is 4.74 Å². The van der Waals surface area contributed by atoms with Crippen LogP contribution in [0.1, 0.15) is 45.0 Å². The SMILES string of the molecule is CCCNC(C)c1nnc(N2CCC(OC)CC2)o1. The number of aromatic nitrogens is 2. The molecule has 0 radical (unpaired) electrons. The fourth-order valence-electron chi connectivity index (χ4n) is 2.26. The molecule has 1 aliphatic rings. The molecule has 2 rings (SSSR count). The molecular weight excluding hydrogens is 244 g/mol. The second-order valence-corrected chi connectivity index (χ2v) is 5.02. The monoisotopic (exact) mass is 268 g/mol. The van der Waals surface area contributed by atoms with Gasteiger partial charge >= 0.3 is 6.01 Å². The Kier molecular flexibility index (Phi) is 5.15. The first kappa shape index (κ1) is 14.3. The summed E-state index contributed by atoms with van der Waals surface area (Å²) < 4.78 is 11.1. The van der Waals surface area contributed by atoms with Crippen LogP contribution in [-0.4, -0.2) is 43.0 Å². The molecular formula is C13H24N4O2. The van der Waals surface area contributed by atoms with Gasteiger partial charge in [0, 0.05) is 20.2 Å². The van der Waals surface area contributed by atoms with Crippen molar-refractivity contribution in [2.75, 3.05) is 31.6 Å². The standard InChI is InChI=1S/C13H24N4O2/c1-4-7-14-10(2)12-15-16-13(19-12)17-8-5-11(18-3)6-9-17/h10-11,14H,4-9H2,1-3H3. The number of nitrogens with one attached hydrogen (secondary N) is 1. The molecule has 0 bridgehead atoms. The van der Waals surface area contributed by atoms with E-state index < -0.39 is 0 Å². The highest BCUT2D eigenvalue weighted by Crippen LogP contribution is 2.21. The molecule has 1 aliphatic heterocycles. The average Bonchev–Trinajstić information content (AvgIpc) is 2.94. The Labute approximate surface area is 114 Å². The van der Waals surface area contributed by atoms with Crippen LogP contribution in [0, 0.1) is 0 Å². The van der Waals surface area contributed by atoms with Crippen molar-refractivity contribution in [1.29, 1.82) is 0 Å². The van der Waals surface area contributed by atoms with Gasteiger partial charge in [0.2, 0.25) is 5.89 Å². The van der Waals surface area contributed by atoms with Crippen LogP contribution in [0.2, 0.25) is 0 Å². The third kappa shape index (κ3) is 3.67. The number of methoxy groups -OCH3 is 1. The average molecular weight is 268 g/mol. The van der Waals surface area contributed by atoms with Crippen LogP contribution in [0.4, 0.5) is 6.01 Å². The topological polar surface area (TPSA) is 63.4 Å². The first-order valence-electron chi connectivity index (χ1n) is 7.09. The molecule has 1 N–H and O–H groups in total. The van der Waals surface area contributed by atoms with Gasteiger partial charge in [-0.3, -0.25) is 0 Å². The fourth-order valence-corrected chi connectivity index (χ4v) is 2.26. The predicted octanol–water partition coefficient (Wildman–Crippen LogP) is 1.75. The van der Waals surface area contributed by atoms with E-state index in [1.54, 1.807) is 7.11 Å².